The number of hydrogen-bond donors (Lipinski definition) is 2. The van der Waals surface area contributed by atoms with E-state index in [0.29, 0.717) is 32.1 Å². The Hall–Kier alpha value is -1.67. The molecule has 2 N–H and O–H groups in total. The third kappa shape index (κ3) is 17.8. The van der Waals surface area contributed by atoms with E-state index in [1.807, 2.05) is 6.92 Å². The number of aliphatic hydroxyl groups excluding tert-OH is 2. The number of carbonyl (C=O) groups excluding carboxylic acids is 3. The number of carbonyl (C=O) groups is 3. The predicted molar refractivity (Wildman–Crippen MR) is 130 cm³/mol. The molecule has 0 aromatic carbocycles. The molecule has 0 heterocycles. The van der Waals surface area contributed by atoms with Gasteiger partial charge in [-0.1, -0.05) is 52.4 Å². The van der Waals surface area contributed by atoms with Crippen LogP contribution in [0.25, 0.3) is 0 Å². The normalized spacial score (nSPS) is 12.7. The van der Waals surface area contributed by atoms with Crippen molar-refractivity contribution in [3.05, 3.63) is 0 Å². The molecule has 8 heteroatoms. The van der Waals surface area contributed by atoms with Gasteiger partial charge in [0.2, 0.25) is 0 Å². The highest BCUT2D eigenvalue weighted by Gasteiger charge is 2.34. The van der Waals surface area contributed by atoms with E-state index in [4.69, 9.17) is 24.4 Å². The lowest BCUT2D eigenvalue weighted by molar-refractivity contribution is -0.162. The van der Waals surface area contributed by atoms with Gasteiger partial charge >= 0.3 is 17.9 Å². The Morgan fingerprint density at radius 2 is 0.912 bits per heavy atom. The maximum absolute atomic E-state index is 12.2. The van der Waals surface area contributed by atoms with Gasteiger partial charge in [0.15, 0.2) is 0 Å². The molecule has 0 amide bonds. The highest BCUT2D eigenvalue weighted by molar-refractivity contribution is 5.70. The Morgan fingerprint density at radius 3 is 1.26 bits per heavy atom. The molecule has 0 aliphatic heterocycles. The van der Waals surface area contributed by atoms with Gasteiger partial charge in [-0.05, 0) is 38.5 Å². The van der Waals surface area contributed by atoms with Gasteiger partial charge in [0.05, 0.1) is 5.41 Å². The van der Waals surface area contributed by atoms with Gasteiger partial charge in [0.25, 0.3) is 0 Å². The van der Waals surface area contributed by atoms with Crippen molar-refractivity contribution in [2.75, 3.05) is 33.0 Å². The van der Waals surface area contributed by atoms with Gasteiger partial charge in [-0.25, -0.2) is 0 Å². The molecule has 0 spiro atoms. The molecule has 0 saturated heterocycles. The van der Waals surface area contributed by atoms with E-state index >= 15 is 0 Å². The smallest absolute Gasteiger partial charge is 0.305 e. The summed E-state index contributed by atoms with van der Waals surface area (Å²) >= 11 is 0. The van der Waals surface area contributed by atoms with Crippen molar-refractivity contribution in [2.45, 2.75) is 110 Å². The van der Waals surface area contributed by atoms with E-state index < -0.39 is 5.41 Å². The van der Waals surface area contributed by atoms with Gasteiger partial charge in [-0.3, -0.25) is 14.4 Å². The third-order valence-corrected chi connectivity index (χ3v) is 5.93. The van der Waals surface area contributed by atoms with Crippen LogP contribution in [0.4, 0.5) is 0 Å². The van der Waals surface area contributed by atoms with Crippen LogP contribution >= 0.6 is 0 Å². The minimum absolute atomic E-state index is 0.00915. The van der Waals surface area contributed by atoms with Crippen LogP contribution < -0.4 is 0 Å². The molecule has 1 atom stereocenters. The summed E-state index contributed by atoms with van der Waals surface area (Å²) in [5.74, 6) is -0.973. The topological polar surface area (TPSA) is 119 Å². The molecule has 0 rings (SSSR count). The number of esters is 3. The highest BCUT2D eigenvalue weighted by Crippen LogP contribution is 2.25. The summed E-state index contributed by atoms with van der Waals surface area (Å²) in [7, 11) is 0. The Kier molecular flexibility index (Phi) is 20.8. The maximum Gasteiger partial charge on any atom is 0.305 e. The SMILES string of the molecule is CCCCCCC(=O)OCC(CC)(COC(=O)CCCCCO)COC(=O)CCCCCCO. The van der Waals surface area contributed by atoms with Crippen molar-refractivity contribution in [3.63, 3.8) is 0 Å². The standard InChI is InChI=1S/C26H48O8/c1-3-5-6-10-15-23(29)32-20-26(4-2,22-34-25(31)17-12-9-14-19-28)21-33-24(30)16-11-7-8-13-18-27/h27-28H,3-22H2,1-2H3. The van der Waals surface area contributed by atoms with Crippen LogP contribution in [0.5, 0.6) is 0 Å². The monoisotopic (exact) mass is 488 g/mol. The molecule has 34 heavy (non-hydrogen) atoms. The van der Waals surface area contributed by atoms with Crippen LogP contribution in [0.3, 0.4) is 0 Å². The largest absolute Gasteiger partial charge is 0.465 e. The summed E-state index contributed by atoms with van der Waals surface area (Å²) in [6.45, 7) is 4.31. The Bertz CT molecular complexity index is 507. The molecule has 0 aromatic heterocycles. The molecule has 0 aromatic rings. The van der Waals surface area contributed by atoms with Crippen molar-refractivity contribution < 1.29 is 38.8 Å². The first-order valence-electron chi connectivity index (χ1n) is 13.1. The summed E-state index contributed by atoms with van der Waals surface area (Å²) in [5.41, 5.74) is -0.785. The van der Waals surface area contributed by atoms with E-state index in [9.17, 15) is 14.4 Å². The number of hydrogen-bond acceptors (Lipinski definition) is 8. The Morgan fingerprint density at radius 1 is 0.559 bits per heavy atom. The minimum Gasteiger partial charge on any atom is -0.465 e. The summed E-state index contributed by atoms with van der Waals surface area (Å²) in [6, 6.07) is 0. The van der Waals surface area contributed by atoms with Crippen molar-refractivity contribution in [1.29, 1.82) is 0 Å². The average molecular weight is 489 g/mol. The summed E-state index contributed by atoms with van der Waals surface area (Å²) in [6.07, 6.45) is 10.5. The zero-order valence-electron chi connectivity index (χ0n) is 21.5. The average Bonchev–Trinajstić information content (AvgIpc) is 2.84. The lowest BCUT2D eigenvalue weighted by Crippen LogP contribution is -2.39. The molecule has 0 aliphatic carbocycles. The van der Waals surface area contributed by atoms with Crippen LogP contribution in [0, 0.1) is 5.41 Å². The van der Waals surface area contributed by atoms with Crippen molar-refractivity contribution in [2.24, 2.45) is 5.41 Å². The molecule has 0 fully saturated rings. The van der Waals surface area contributed by atoms with Crippen LogP contribution in [0.1, 0.15) is 110 Å². The van der Waals surface area contributed by atoms with E-state index in [1.54, 1.807) is 0 Å². The number of ether oxygens (including phenoxy) is 3. The maximum atomic E-state index is 12.2. The summed E-state index contributed by atoms with van der Waals surface area (Å²) in [4.78, 5) is 36.6. The third-order valence-electron chi connectivity index (χ3n) is 5.93. The molecular weight excluding hydrogens is 440 g/mol. The van der Waals surface area contributed by atoms with Gasteiger partial charge in [-0.2, -0.15) is 0 Å². The first-order valence-corrected chi connectivity index (χ1v) is 13.1. The fourth-order valence-electron chi connectivity index (χ4n) is 3.34. The van der Waals surface area contributed by atoms with Crippen molar-refractivity contribution in [3.8, 4) is 0 Å². The number of aliphatic hydroxyl groups is 2. The lowest BCUT2D eigenvalue weighted by atomic mass is 9.88. The second-order valence-corrected chi connectivity index (χ2v) is 9.07. The number of unbranched alkanes of at least 4 members (excludes halogenated alkanes) is 8. The second kappa shape index (κ2) is 21.8. The fourth-order valence-corrected chi connectivity index (χ4v) is 3.34. The van der Waals surface area contributed by atoms with E-state index in [0.717, 1.165) is 51.4 Å². The molecule has 0 aliphatic rings. The number of rotatable bonds is 23. The molecule has 8 nitrogen and oxygen atoms in total. The summed E-state index contributed by atoms with van der Waals surface area (Å²) < 4.78 is 16.5. The Balaban J connectivity index is 4.77. The quantitative estimate of drug-likeness (QED) is 0.123. The van der Waals surface area contributed by atoms with Crippen LogP contribution in [0.15, 0.2) is 0 Å². The zero-order chi connectivity index (χ0) is 25.5. The highest BCUT2D eigenvalue weighted by atomic mass is 16.6. The first-order chi connectivity index (χ1) is 16.4. The molecule has 1 unspecified atom stereocenters. The van der Waals surface area contributed by atoms with E-state index in [-0.39, 0.29) is 63.8 Å². The zero-order valence-corrected chi connectivity index (χ0v) is 21.5. The minimum atomic E-state index is -0.785. The van der Waals surface area contributed by atoms with E-state index in [2.05, 4.69) is 6.92 Å². The predicted octanol–water partition coefficient (Wildman–Crippen LogP) is 4.48. The van der Waals surface area contributed by atoms with Crippen LogP contribution in [-0.4, -0.2) is 61.2 Å². The second-order valence-electron chi connectivity index (χ2n) is 9.07. The van der Waals surface area contributed by atoms with Gasteiger partial charge in [0.1, 0.15) is 19.8 Å². The van der Waals surface area contributed by atoms with Crippen molar-refractivity contribution >= 4 is 17.9 Å². The molecule has 0 radical (unpaired) electrons. The van der Waals surface area contributed by atoms with Crippen LogP contribution in [-0.2, 0) is 28.6 Å². The lowest BCUT2D eigenvalue weighted by Gasteiger charge is -2.31. The van der Waals surface area contributed by atoms with Crippen LogP contribution in [0.2, 0.25) is 0 Å². The molecule has 200 valence electrons. The summed E-state index contributed by atoms with van der Waals surface area (Å²) in [5, 5.41) is 17.7. The van der Waals surface area contributed by atoms with Gasteiger partial charge in [0, 0.05) is 32.5 Å². The van der Waals surface area contributed by atoms with Gasteiger partial charge in [-0.15, -0.1) is 0 Å². The molecular formula is C26H48O8. The molecule has 0 saturated carbocycles. The fraction of sp³-hybridized carbons (Fsp3) is 0.885. The van der Waals surface area contributed by atoms with E-state index in [1.165, 1.54) is 0 Å². The molecule has 0 bridgehead atoms. The van der Waals surface area contributed by atoms with Gasteiger partial charge < -0.3 is 24.4 Å². The Labute approximate surface area is 205 Å². The first kappa shape index (κ1) is 32.3. The van der Waals surface area contributed by atoms with Crippen molar-refractivity contribution in [1.82, 2.24) is 0 Å².